The zero-order valence-corrected chi connectivity index (χ0v) is 19.5. The van der Waals surface area contributed by atoms with Crippen LogP contribution in [0.3, 0.4) is 0 Å². The summed E-state index contributed by atoms with van der Waals surface area (Å²) in [7, 11) is 1.48. The number of hydrogen-bond acceptors (Lipinski definition) is 5. The predicted octanol–water partition coefficient (Wildman–Crippen LogP) is 4.55. The van der Waals surface area contributed by atoms with E-state index in [-0.39, 0.29) is 24.0 Å². The zero-order chi connectivity index (χ0) is 24.9. The summed E-state index contributed by atoms with van der Waals surface area (Å²) in [6.45, 7) is 3.91. The lowest BCUT2D eigenvalue weighted by molar-refractivity contribution is -0.131. The molecule has 1 aliphatic heterocycles. The molecule has 2 aromatic rings. The highest BCUT2D eigenvalue weighted by molar-refractivity contribution is 6.31. The largest absolute Gasteiger partial charge is 0.493 e. The van der Waals surface area contributed by atoms with Gasteiger partial charge in [-0.25, -0.2) is 9.18 Å². The highest BCUT2D eigenvalue weighted by Gasteiger charge is 2.40. The molecule has 182 valence electrons. The molecule has 0 radical (unpaired) electrons. The molecular formula is C27H27FN2O5. The Balaban J connectivity index is 1.66. The quantitative estimate of drug-likeness (QED) is 0.342. The highest BCUT2D eigenvalue weighted by atomic mass is 19.1. The summed E-state index contributed by atoms with van der Waals surface area (Å²) in [5.41, 5.74) is 1.80. The van der Waals surface area contributed by atoms with E-state index in [9.17, 15) is 18.8 Å². The van der Waals surface area contributed by atoms with Gasteiger partial charge >= 0.3 is 6.03 Å². The van der Waals surface area contributed by atoms with E-state index >= 15 is 0 Å². The molecule has 4 rings (SSSR count). The van der Waals surface area contributed by atoms with Gasteiger partial charge < -0.3 is 9.47 Å². The lowest BCUT2D eigenvalue weighted by Crippen LogP contribution is -2.57. The van der Waals surface area contributed by atoms with Crippen LogP contribution in [0.4, 0.5) is 9.18 Å². The minimum Gasteiger partial charge on any atom is -0.493 e. The number of rotatable bonds is 8. The molecule has 2 fully saturated rings. The summed E-state index contributed by atoms with van der Waals surface area (Å²) in [5, 5.41) is 2.29. The lowest BCUT2D eigenvalue weighted by Gasteiger charge is -2.31. The van der Waals surface area contributed by atoms with Crippen molar-refractivity contribution >= 4 is 23.9 Å². The molecule has 2 aromatic carbocycles. The van der Waals surface area contributed by atoms with Crippen molar-refractivity contribution in [2.24, 2.45) is 0 Å². The third kappa shape index (κ3) is 5.26. The number of benzene rings is 2. The Kier molecular flexibility index (Phi) is 7.29. The van der Waals surface area contributed by atoms with Crippen molar-refractivity contribution in [1.29, 1.82) is 0 Å². The van der Waals surface area contributed by atoms with Gasteiger partial charge in [-0.05, 0) is 60.7 Å². The van der Waals surface area contributed by atoms with E-state index in [4.69, 9.17) is 9.47 Å². The number of nitrogens with zero attached hydrogens (tertiary/aromatic N) is 1. The van der Waals surface area contributed by atoms with Gasteiger partial charge in [0.05, 0.1) is 7.11 Å². The van der Waals surface area contributed by atoms with Gasteiger partial charge in [0.2, 0.25) is 0 Å². The van der Waals surface area contributed by atoms with Crippen molar-refractivity contribution in [1.82, 2.24) is 10.2 Å². The summed E-state index contributed by atoms with van der Waals surface area (Å²) in [4.78, 5) is 39.2. The smallest absolute Gasteiger partial charge is 0.331 e. The Labute approximate surface area is 203 Å². The van der Waals surface area contributed by atoms with Crippen molar-refractivity contribution < 1.29 is 28.2 Å². The molecule has 0 aromatic heterocycles. The van der Waals surface area contributed by atoms with E-state index in [2.05, 4.69) is 11.9 Å². The molecule has 7 nitrogen and oxygen atoms in total. The Hall–Kier alpha value is -3.94. The number of methoxy groups -OCH3 is 1. The minimum absolute atomic E-state index is 0.114. The normalized spacial score (nSPS) is 17.6. The van der Waals surface area contributed by atoms with Crippen LogP contribution in [0, 0.1) is 5.82 Å². The van der Waals surface area contributed by atoms with E-state index in [1.807, 2.05) is 0 Å². The van der Waals surface area contributed by atoms with Crippen LogP contribution >= 0.6 is 0 Å². The van der Waals surface area contributed by atoms with Crippen LogP contribution in [0.2, 0.25) is 0 Å². The van der Waals surface area contributed by atoms with Crippen molar-refractivity contribution in [3.63, 3.8) is 0 Å². The fourth-order valence-electron chi connectivity index (χ4n) is 4.50. The van der Waals surface area contributed by atoms with Crippen LogP contribution in [0.5, 0.6) is 11.5 Å². The summed E-state index contributed by atoms with van der Waals surface area (Å²) in [5.74, 6) is -0.834. The lowest BCUT2D eigenvalue weighted by atomic mass is 10.0. The fourth-order valence-corrected chi connectivity index (χ4v) is 4.50. The van der Waals surface area contributed by atoms with Crippen LogP contribution in [0.1, 0.15) is 42.4 Å². The summed E-state index contributed by atoms with van der Waals surface area (Å²) >= 11 is 0. The van der Waals surface area contributed by atoms with Crippen molar-refractivity contribution in [2.45, 2.75) is 44.8 Å². The zero-order valence-electron chi connectivity index (χ0n) is 19.5. The molecule has 4 amide bonds. The molecule has 1 saturated heterocycles. The summed E-state index contributed by atoms with van der Waals surface area (Å²) < 4.78 is 25.1. The van der Waals surface area contributed by atoms with Gasteiger partial charge in [0.1, 0.15) is 18.0 Å². The van der Waals surface area contributed by atoms with Gasteiger partial charge in [-0.1, -0.05) is 31.1 Å². The fraction of sp³-hybridized carbons (Fsp3) is 0.296. The molecule has 1 saturated carbocycles. The standard InChI is InChI=1S/C27H27FN2O5/c1-3-7-19-12-18(15-23(34-2)24(19)35-16-17-8-6-9-20(28)13-17)14-22-25(31)29-27(33)30(26(22)32)21-10-4-5-11-21/h3,6,8-9,12-15,21H,1,4-5,7,10-11,16H2,2H3,(H,29,31,33)/b22-14+. The number of barbiturate groups is 1. The van der Waals surface area contributed by atoms with Crippen LogP contribution in [0.25, 0.3) is 6.08 Å². The predicted molar refractivity (Wildman–Crippen MR) is 128 cm³/mol. The molecule has 0 spiro atoms. The van der Waals surface area contributed by atoms with E-state index in [1.165, 1.54) is 30.2 Å². The first-order valence-corrected chi connectivity index (χ1v) is 11.5. The molecular weight excluding hydrogens is 451 g/mol. The van der Waals surface area contributed by atoms with E-state index in [0.717, 1.165) is 31.2 Å². The van der Waals surface area contributed by atoms with Crippen LogP contribution < -0.4 is 14.8 Å². The second-order valence-electron chi connectivity index (χ2n) is 8.55. The molecule has 1 N–H and O–H groups in total. The Morgan fingerprint density at radius 3 is 2.63 bits per heavy atom. The number of carbonyl (C=O) groups excluding carboxylic acids is 3. The number of nitrogens with one attached hydrogen (secondary N) is 1. The summed E-state index contributed by atoms with van der Waals surface area (Å²) in [6, 6.07) is 8.66. The Bertz CT molecular complexity index is 1200. The maximum absolute atomic E-state index is 13.5. The third-order valence-electron chi connectivity index (χ3n) is 6.14. The van der Waals surface area contributed by atoms with E-state index in [0.29, 0.717) is 29.0 Å². The van der Waals surface area contributed by atoms with Gasteiger partial charge in [-0.2, -0.15) is 0 Å². The van der Waals surface area contributed by atoms with Crippen LogP contribution in [-0.4, -0.2) is 35.9 Å². The third-order valence-corrected chi connectivity index (χ3v) is 6.14. The van der Waals surface area contributed by atoms with Crippen molar-refractivity contribution in [3.05, 3.63) is 77.1 Å². The van der Waals surface area contributed by atoms with Gasteiger partial charge in [0.25, 0.3) is 11.8 Å². The SMILES string of the molecule is C=CCc1cc(/C=C2\C(=O)NC(=O)N(C3CCCC3)C2=O)cc(OC)c1OCc1cccc(F)c1. The Morgan fingerprint density at radius 2 is 1.94 bits per heavy atom. The molecule has 0 bridgehead atoms. The average molecular weight is 479 g/mol. The molecule has 8 heteroatoms. The number of halogens is 1. The van der Waals surface area contributed by atoms with E-state index in [1.54, 1.807) is 30.3 Å². The first-order valence-electron chi connectivity index (χ1n) is 11.5. The number of carbonyl (C=O) groups is 3. The molecule has 35 heavy (non-hydrogen) atoms. The van der Waals surface area contributed by atoms with Crippen LogP contribution in [0.15, 0.2) is 54.6 Å². The molecule has 0 unspecified atom stereocenters. The van der Waals surface area contributed by atoms with Gasteiger partial charge in [0.15, 0.2) is 11.5 Å². The number of imide groups is 2. The summed E-state index contributed by atoms with van der Waals surface area (Å²) in [6.07, 6.45) is 6.92. The molecule has 1 aliphatic carbocycles. The second kappa shape index (κ2) is 10.5. The topological polar surface area (TPSA) is 84.9 Å². The maximum Gasteiger partial charge on any atom is 0.331 e. The first-order chi connectivity index (χ1) is 16.9. The number of ether oxygens (including phenoxy) is 2. The van der Waals surface area contributed by atoms with E-state index < -0.39 is 17.8 Å². The number of urea groups is 1. The monoisotopic (exact) mass is 478 g/mol. The Morgan fingerprint density at radius 1 is 1.17 bits per heavy atom. The maximum atomic E-state index is 13.5. The first kappa shape index (κ1) is 24.2. The number of hydrogen-bond donors (Lipinski definition) is 1. The average Bonchev–Trinajstić information content (AvgIpc) is 3.35. The highest BCUT2D eigenvalue weighted by Crippen LogP contribution is 2.35. The molecule has 0 atom stereocenters. The van der Waals surface area contributed by atoms with Gasteiger partial charge in [-0.3, -0.25) is 19.8 Å². The van der Waals surface area contributed by atoms with Gasteiger partial charge in [-0.15, -0.1) is 6.58 Å². The van der Waals surface area contributed by atoms with Crippen molar-refractivity contribution in [3.8, 4) is 11.5 Å². The van der Waals surface area contributed by atoms with Crippen molar-refractivity contribution in [2.75, 3.05) is 7.11 Å². The second-order valence-corrected chi connectivity index (χ2v) is 8.55. The van der Waals surface area contributed by atoms with Crippen LogP contribution in [-0.2, 0) is 22.6 Å². The number of allylic oxidation sites excluding steroid dienone is 1. The van der Waals surface area contributed by atoms with Gasteiger partial charge in [0, 0.05) is 11.6 Å². The number of amides is 4. The minimum atomic E-state index is -0.732. The molecule has 1 heterocycles. The molecule has 2 aliphatic rings.